The summed E-state index contributed by atoms with van der Waals surface area (Å²) in [5.41, 5.74) is 1.72. The summed E-state index contributed by atoms with van der Waals surface area (Å²) in [4.78, 5) is 89.2. The molecule has 6 N–H and O–H groups in total. The number of nitro benzene ring substituents is 2. The molecule has 0 radical (unpaired) electrons. The van der Waals surface area contributed by atoms with E-state index in [0.717, 1.165) is 0 Å². The SMILES string of the molecule is CN(C)CCNC(=O)c1ccc2[nH]c3ccc([N+](=O)[O-])cc3c(=O)c2c1NCCCN(C)CCCNc1c(C(=O)NCCN(C)C)ccc2[nH]c3ccc([N+](=O)[O-])cc3c(=O)c12. The van der Waals surface area contributed by atoms with Gasteiger partial charge in [0.2, 0.25) is 0 Å². The lowest BCUT2D eigenvalue weighted by Gasteiger charge is -2.20. The Labute approximate surface area is 355 Å². The molecule has 0 unspecified atom stereocenters. The first-order valence-electron chi connectivity index (χ1n) is 20.2. The third-order valence-electron chi connectivity index (χ3n) is 10.5. The van der Waals surface area contributed by atoms with Crippen molar-refractivity contribution < 1.29 is 19.4 Å². The molecule has 19 nitrogen and oxygen atoms in total. The van der Waals surface area contributed by atoms with Crippen molar-refractivity contribution in [2.75, 3.05) is 98.2 Å². The molecule has 62 heavy (non-hydrogen) atoms. The van der Waals surface area contributed by atoms with Crippen LogP contribution in [0.4, 0.5) is 22.7 Å². The van der Waals surface area contributed by atoms with Crippen LogP contribution in [0.5, 0.6) is 0 Å². The van der Waals surface area contributed by atoms with Gasteiger partial charge in [-0.25, -0.2) is 0 Å². The van der Waals surface area contributed by atoms with Gasteiger partial charge in [-0.3, -0.25) is 39.4 Å². The smallest absolute Gasteiger partial charge is 0.270 e. The normalized spacial score (nSPS) is 11.6. The second-order valence-electron chi connectivity index (χ2n) is 15.7. The van der Waals surface area contributed by atoms with Gasteiger partial charge in [0, 0.05) is 63.5 Å². The van der Waals surface area contributed by atoms with Crippen LogP contribution in [0.3, 0.4) is 0 Å². The summed E-state index contributed by atoms with van der Waals surface area (Å²) < 4.78 is 0. The van der Waals surface area contributed by atoms with Gasteiger partial charge >= 0.3 is 0 Å². The number of nitrogens with zero attached hydrogens (tertiary/aromatic N) is 5. The third-order valence-corrected chi connectivity index (χ3v) is 10.5. The summed E-state index contributed by atoms with van der Waals surface area (Å²) in [5.74, 6) is -0.729. The number of hydrogen-bond acceptors (Lipinski definition) is 13. The Kier molecular flexibility index (Phi) is 14.1. The molecule has 0 bridgehead atoms. The van der Waals surface area contributed by atoms with Gasteiger partial charge in [0.25, 0.3) is 23.2 Å². The average molecular weight is 850 g/mol. The molecule has 0 atom stereocenters. The molecule has 0 saturated carbocycles. The number of amides is 2. The van der Waals surface area contributed by atoms with Crippen LogP contribution in [-0.4, -0.2) is 134 Å². The molecule has 19 heteroatoms. The number of rotatable bonds is 20. The predicted molar refractivity (Wildman–Crippen MR) is 243 cm³/mol. The van der Waals surface area contributed by atoms with Crippen LogP contribution >= 0.6 is 0 Å². The first-order valence-corrected chi connectivity index (χ1v) is 20.2. The van der Waals surface area contributed by atoms with E-state index in [4.69, 9.17) is 0 Å². The van der Waals surface area contributed by atoms with E-state index < -0.39 is 20.7 Å². The zero-order chi connectivity index (χ0) is 44.7. The fourth-order valence-corrected chi connectivity index (χ4v) is 7.29. The quantitative estimate of drug-likeness (QED) is 0.0272. The molecule has 0 fully saturated rings. The Hall–Kier alpha value is -6.96. The first kappa shape index (κ1) is 44.6. The lowest BCUT2D eigenvalue weighted by Crippen LogP contribution is -2.32. The van der Waals surface area contributed by atoms with Crippen LogP contribution in [0.1, 0.15) is 33.6 Å². The maximum atomic E-state index is 14.0. The van der Waals surface area contributed by atoms with Crippen LogP contribution in [0.15, 0.2) is 70.3 Å². The summed E-state index contributed by atoms with van der Waals surface area (Å²) in [6.45, 7) is 4.03. The fourth-order valence-electron chi connectivity index (χ4n) is 7.29. The molecule has 0 aliphatic carbocycles. The first-order chi connectivity index (χ1) is 29.6. The molecule has 2 amide bonds. The number of aromatic amines is 2. The standard InChI is InChI=1S/C43H51N11O8/c1-50(2)22-18-46-42(57)28-10-14-34-36(40(55)30-24-26(53(59)60)8-12-32(30)48-34)38(28)44-16-6-20-52(5)21-7-17-45-39-29(43(58)47-19-23-51(3)4)11-15-35-37(39)41(56)31-25-27(54(61)62)9-13-33(31)49-35/h8-15,24-25,44-45H,6-7,16-23H2,1-5H3,(H,46,57)(H,47,58)(H,48,55)(H,49,56). The minimum absolute atomic E-state index is 0.135. The van der Waals surface area contributed by atoms with Gasteiger partial charge in [-0.05, 0) is 97.6 Å². The van der Waals surface area contributed by atoms with E-state index in [1.165, 1.54) is 36.4 Å². The maximum Gasteiger partial charge on any atom is 0.270 e. The third kappa shape index (κ3) is 10.1. The van der Waals surface area contributed by atoms with Gasteiger partial charge in [-0.2, -0.15) is 0 Å². The molecule has 2 heterocycles. The number of benzene rings is 4. The van der Waals surface area contributed by atoms with Crippen molar-refractivity contribution >= 4 is 78.2 Å². The monoisotopic (exact) mass is 849 g/mol. The number of hydrogen-bond donors (Lipinski definition) is 6. The summed E-state index contributed by atoms with van der Waals surface area (Å²) in [5, 5.41) is 36.3. The minimum atomic E-state index is -0.558. The second-order valence-corrected chi connectivity index (χ2v) is 15.7. The molecule has 6 rings (SSSR count). The molecule has 4 aromatic carbocycles. The number of pyridine rings is 2. The van der Waals surface area contributed by atoms with E-state index >= 15 is 0 Å². The van der Waals surface area contributed by atoms with Crippen LogP contribution in [-0.2, 0) is 0 Å². The van der Waals surface area contributed by atoms with Gasteiger partial charge in [0.05, 0.1) is 76.0 Å². The Bertz CT molecular complexity index is 2610. The van der Waals surface area contributed by atoms with Crippen LogP contribution in [0.25, 0.3) is 43.6 Å². The number of anilines is 2. The van der Waals surface area contributed by atoms with E-state index in [1.807, 2.05) is 45.0 Å². The Morgan fingerprint density at radius 2 is 0.952 bits per heavy atom. The number of non-ortho nitro benzene ring substituents is 2. The van der Waals surface area contributed by atoms with Gasteiger partial charge in [0.15, 0.2) is 10.9 Å². The molecular weight excluding hydrogens is 799 g/mol. The van der Waals surface area contributed by atoms with E-state index in [9.17, 15) is 39.4 Å². The molecule has 2 aromatic heterocycles. The zero-order valence-corrected chi connectivity index (χ0v) is 35.3. The van der Waals surface area contributed by atoms with Crippen molar-refractivity contribution in [3.63, 3.8) is 0 Å². The van der Waals surface area contributed by atoms with Gasteiger partial charge in [-0.15, -0.1) is 0 Å². The number of carbonyl (C=O) groups excluding carboxylic acids is 2. The highest BCUT2D eigenvalue weighted by atomic mass is 16.6. The number of carbonyl (C=O) groups is 2. The van der Waals surface area contributed by atoms with E-state index in [0.29, 0.717) is 98.6 Å². The number of H-pyrrole nitrogens is 2. The molecule has 0 spiro atoms. The van der Waals surface area contributed by atoms with Crippen LogP contribution in [0, 0.1) is 20.2 Å². The number of nitro groups is 2. The number of fused-ring (bicyclic) bond motifs is 4. The van der Waals surface area contributed by atoms with Gasteiger partial charge in [0.1, 0.15) is 0 Å². The summed E-state index contributed by atoms with van der Waals surface area (Å²) in [7, 11) is 9.53. The highest BCUT2D eigenvalue weighted by Crippen LogP contribution is 2.29. The molecule has 0 aliphatic rings. The fraction of sp³-hybridized carbons (Fsp3) is 0.349. The highest BCUT2D eigenvalue weighted by molar-refractivity contribution is 6.11. The van der Waals surface area contributed by atoms with E-state index in [-0.39, 0.29) is 55.9 Å². The lowest BCUT2D eigenvalue weighted by atomic mass is 10.0. The number of likely N-dealkylation sites (N-methyl/N-ethyl adjacent to an activating group) is 2. The van der Waals surface area contributed by atoms with Gasteiger partial charge < -0.3 is 45.9 Å². The summed E-state index contributed by atoms with van der Waals surface area (Å²) >= 11 is 0. The van der Waals surface area contributed by atoms with E-state index in [2.05, 4.69) is 36.1 Å². The number of nitrogens with one attached hydrogen (secondary N) is 6. The lowest BCUT2D eigenvalue weighted by molar-refractivity contribution is -0.384. The van der Waals surface area contributed by atoms with E-state index in [1.54, 1.807) is 24.3 Å². The zero-order valence-electron chi connectivity index (χ0n) is 35.3. The topological polar surface area (TPSA) is 244 Å². The Balaban J connectivity index is 1.16. The van der Waals surface area contributed by atoms with Crippen molar-refractivity contribution in [2.45, 2.75) is 12.8 Å². The summed E-state index contributed by atoms with van der Waals surface area (Å²) in [6.07, 6.45) is 1.24. The molecule has 6 aromatic rings. The van der Waals surface area contributed by atoms with Crippen molar-refractivity contribution in [1.82, 2.24) is 35.3 Å². The molecule has 0 aliphatic heterocycles. The van der Waals surface area contributed by atoms with Crippen molar-refractivity contribution in [2.24, 2.45) is 0 Å². The molecular formula is C43H51N11O8. The molecule has 0 saturated heterocycles. The van der Waals surface area contributed by atoms with Gasteiger partial charge in [-0.1, -0.05) is 0 Å². The van der Waals surface area contributed by atoms with Crippen molar-refractivity contribution in [3.05, 3.63) is 112 Å². The predicted octanol–water partition coefficient (Wildman–Crippen LogP) is 4.31. The molecule has 326 valence electrons. The van der Waals surface area contributed by atoms with Crippen LogP contribution in [0.2, 0.25) is 0 Å². The number of aromatic nitrogens is 2. The average Bonchev–Trinajstić information content (AvgIpc) is 3.23. The van der Waals surface area contributed by atoms with Crippen LogP contribution < -0.4 is 32.1 Å². The largest absolute Gasteiger partial charge is 0.384 e. The van der Waals surface area contributed by atoms with Crippen molar-refractivity contribution in [1.29, 1.82) is 0 Å². The maximum absolute atomic E-state index is 14.0. The Morgan fingerprint density at radius 3 is 1.32 bits per heavy atom. The summed E-state index contributed by atoms with van der Waals surface area (Å²) in [6, 6.07) is 14.8. The van der Waals surface area contributed by atoms with Crippen molar-refractivity contribution in [3.8, 4) is 0 Å². The Morgan fingerprint density at radius 1 is 0.565 bits per heavy atom. The second kappa shape index (κ2) is 19.6. The highest BCUT2D eigenvalue weighted by Gasteiger charge is 2.21. The minimum Gasteiger partial charge on any atom is -0.384 e.